The number of piperidine rings is 2. The zero-order valence-electron chi connectivity index (χ0n) is 22.2. The van der Waals surface area contributed by atoms with Gasteiger partial charge < -0.3 is 19.8 Å². The first-order valence-electron chi connectivity index (χ1n) is 14.5. The lowest BCUT2D eigenvalue weighted by molar-refractivity contribution is 0.0493. The second kappa shape index (κ2) is 11.1. The molecule has 0 aromatic heterocycles. The van der Waals surface area contributed by atoms with E-state index in [0.717, 1.165) is 50.6 Å². The normalized spacial score (nSPS) is 22.6. The van der Waals surface area contributed by atoms with Crippen LogP contribution in [0.4, 0.5) is 5.69 Å². The van der Waals surface area contributed by atoms with Crippen molar-refractivity contribution in [3.05, 3.63) is 64.7 Å². The van der Waals surface area contributed by atoms with E-state index in [1.807, 2.05) is 11.0 Å². The highest BCUT2D eigenvalue weighted by atomic mass is 16.3. The van der Waals surface area contributed by atoms with Crippen molar-refractivity contribution < 1.29 is 9.90 Å². The monoisotopic (exact) mass is 502 g/mol. The number of aliphatic hydroxyl groups excluding tert-OH is 1. The van der Waals surface area contributed by atoms with Crippen LogP contribution in [-0.2, 0) is 19.4 Å². The zero-order chi connectivity index (χ0) is 25.2. The number of rotatable bonds is 6. The van der Waals surface area contributed by atoms with Gasteiger partial charge in [-0.05, 0) is 86.5 Å². The molecule has 4 aliphatic rings. The topological polar surface area (TPSA) is 50.3 Å². The lowest BCUT2D eigenvalue weighted by atomic mass is 9.96. The Bertz CT molecular complexity index is 1090. The van der Waals surface area contributed by atoms with Crippen LogP contribution < -0.4 is 4.90 Å². The molecule has 6 nitrogen and oxygen atoms in total. The number of benzene rings is 2. The fourth-order valence-corrected chi connectivity index (χ4v) is 6.99. The largest absolute Gasteiger partial charge is 0.390 e. The third-order valence-electron chi connectivity index (χ3n) is 9.10. The van der Waals surface area contributed by atoms with Gasteiger partial charge in [-0.3, -0.25) is 9.69 Å². The number of hydrogen-bond acceptors (Lipinski definition) is 5. The van der Waals surface area contributed by atoms with Crippen molar-refractivity contribution in [1.82, 2.24) is 14.7 Å². The van der Waals surface area contributed by atoms with E-state index >= 15 is 0 Å². The number of hydrogen-bond donors (Lipinski definition) is 1. The molecule has 2 saturated heterocycles. The van der Waals surface area contributed by atoms with Gasteiger partial charge in [0.25, 0.3) is 5.91 Å². The molecule has 6 heteroatoms. The Morgan fingerprint density at radius 2 is 1.57 bits per heavy atom. The summed E-state index contributed by atoms with van der Waals surface area (Å²) in [5.74, 6) is 0.0691. The smallest absolute Gasteiger partial charge is 0.254 e. The summed E-state index contributed by atoms with van der Waals surface area (Å²) in [6, 6.07) is 15.8. The Labute approximate surface area is 221 Å². The van der Waals surface area contributed by atoms with Crippen LogP contribution in [0.3, 0.4) is 0 Å². The van der Waals surface area contributed by atoms with E-state index in [1.165, 1.54) is 67.6 Å². The Morgan fingerprint density at radius 1 is 0.811 bits per heavy atom. The van der Waals surface area contributed by atoms with Crippen LogP contribution in [-0.4, -0.2) is 90.2 Å². The molecule has 1 atom stereocenters. The molecule has 0 spiro atoms. The number of amides is 1. The van der Waals surface area contributed by atoms with E-state index in [9.17, 15) is 9.90 Å². The highest BCUT2D eigenvalue weighted by Gasteiger charge is 2.29. The SMILES string of the molecule is O=C1c2ccc(N3CCC(N4CCCCC4)CC3)cc2CCN1C[C@H](O)CN1CCc2ccccc2C1. The molecule has 6 rings (SSSR count). The number of carbonyl (C=O) groups is 1. The first kappa shape index (κ1) is 24.9. The molecule has 4 aliphatic heterocycles. The Hall–Kier alpha value is -2.41. The van der Waals surface area contributed by atoms with Crippen LogP contribution in [0, 0.1) is 0 Å². The van der Waals surface area contributed by atoms with E-state index in [-0.39, 0.29) is 5.91 Å². The molecule has 0 bridgehead atoms. The van der Waals surface area contributed by atoms with Crippen LogP contribution >= 0.6 is 0 Å². The van der Waals surface area contributed by atoms with Gasteiger partial charge in [0.15, 0.2) is 0 Å². The Kier molecular flexibility index (Phi) is 7.50. The first-order chi connectivity index (χ1) is 18.1. The summed E-state index contributed by atoms with van der Waals surface area (Å²) in [6.45, 7) is 8.31. The third-order valence-corrected chi connectivity index (χ3v) is 9.10. The van der Waals surface area contributed by atoms with Crippen molar-refractivity contribution >= 4 is 11.6 Å². The van der Waals surface area contributed by atoms with Crippen LogP contribution in [0.5, 0.6) is 0 Å². The molecule has 0 radical (unpaired) electrons. The third kappa shape index (κ3) is 5.57. The van der Waals surface area contributed by atoms with Gasteiger partial charge in [-0.1, -0.05) is 30.7 Å². The summed E-state index contributed by atoms with van der Waals surface area (Å²) in [7, 11) is 0. The predicted octanol–water partition coefficient (Wildman–Crippen LogP) is 3.56. The van der Waals surface area contributed by atoms with E-state index in [2.05, 4.69) is 51.1 Å². The van der Waals surface area contributed by atoms with E-state index in [1.54, 1.807) is 0 Å². The minimum Gasteiger partial charge on any atom is -0.390 e. The van der Waals surface area contributed by atoms with Crippen LogP contribution in [0.2, 0.25) is 0 Å². The predicted molar refractivity (Wildman–Crippen MR) is 148 cm³/mol. The van der Waals surface area contributed by atoms with Crippen LogP contribution in [0.25, 0.3) is 0 Å². The van der Waals surface area contributed by atoms with Gasteiger partial charge >= 0.3 is 0 Å². The van der Waals surface area contributed by atoms with Gasteiger partial charge in [0.1, 0.15) is 0 Å². The maximum Gasteiger partial charge on any atom is 0.254 e. The average molecular weight is 503 g/mol. The van der Waals surface area contributed by atoms with E-state index < -0.39 is 6.10 Å². The molecule has 1 N–H and O–H groups in total. The zero-order valence-corrected chi connectivity index (χ0v) is 22.2. The number of anilines is 1. The fourth-order valence-electron chi connectivity index (χ4n) is 6.99. The maximum absolute atomic E-state index is 13.3. The van der Waals surface area contributed by atoms with E-state index in [4.69, 9.17) is 0 Å². The molecule has 0 saturated carbocycles. The number of fused-ring (bicyclic) bond motifs is 2. The second-order valence-electron chi connectivity index (χ2n) is 11.6. The molecule has 198 valence electrons. The molecular weight excluding hydrogens is 460 g/mol. The summed E-state index contributed by atoms with van der Waals surface area (Å²) < 4.78 is 0. The second-order valence-corrected chi connectivity index (χ2v) is 11.6. The van der Waals surface area contributed by atoms with Crippen molar-refractivity contribution in [3.63, 3.8) is 0 Å². The molecule has 2 fully saturated rings. The first-order valence-corrected chi connectivity index (χ1v) is 14.5. The quantitative estimate of drug-likeness (QED) is 0.655. The number of β-amino-alcohol motifs (C(OH)–C–C–N with tert-alkyl or cyclic N) is 1. The number of likely N-dealkylation sites (tertiary alicyclic amines) is 1. The molecular formula is C31H42N4O2. The maximum atomic E-state index is 13.3. The molecule has 4 heterocycles. The van der Waals surface area contributed by atoms with Gasteiger partial charge in [-0.25, -0.2) is 0 Å². The Morgan fingerprint density at radius 3 is 2.38 bits per heavy atom. The molecule has 1 amide bonds. The van der Waals surface area contributed by atoms with Crippen molar-refractivity contribution in [2.75, 3.05) is 57.3 Å². The number of aliphatic hydroxyl groups is 1. The number of nitrogens with zero attached hydrogens (tertiary/aromatic N) is 4. The van der Waals surface area contributed by atoms with Gasteiger partial charge in [0.05, 0.1) is 6.10 Å². The van der Waals surface area contributed by atoms with Crippen molar-refractivity contribution in [1.29, 1.82) is 0 Å². The standard InChI is InChI=1S/C31H42N4O2/c36-29(22-32-16-10-24-6-2-3-7-26(24)21-32)23-35-17-11-25-20-28(8-9-30(25)31(35)37)34-18-12-27(13-19-34)33-14-4-1-5-15-33/h2-3,6-9,20,27,29,36H,1,4-5,10-19,21-23H2/t29-/m1/s1. The minimum atomic E-state index is -0.531. The minimum absolute atomic E-state index is 0.0691. The van der Waals surface area contributed by atoms with Crippen molar-refractivity contribution in [2.24, 2.45) is 0 Å². The average Bonchev–Trinajstić information content (AvgIpc) is 2.95. The van der Waals surface area contributed by atoms with Gasteiger partial charge in [0.2, 0.25) is 0 Å². The molecule has 2 aromatic carbocycles. The van der Waals surface area contributed by atoms with Crippen LogP contribution in [0.15, 0.2) is 42.5 Å². The van der Waals surface area contributed by atoms with Gasteiger partial charge in [-0.15, -0.1) is 0 Å². The van der Waals surface area contributed by atoms with E-state index in [0.29, 0.717) is 19.6 Å². The fraction of sp³-hybridized carbons (Fsp3) is 0.581. The number of carbonyl (C=O) groups excluding carboxylic acids is 1. The highest BCUT2D eigenvalue weighted by Crippen LogP contribution is 2.29. The summed E-state index contributed by atoms with van der Waals surface area (Å²) in [4.78, 5) is 22.7. The van der Waals surface area contributed by atoms with Gasteiger partial charge in [-0.2, -0.15) is 0 Å². The summed E-state index contributed by atoms with van der Waals surface area (Å²) in [5.41, 5.74) is 6.02. The highest BCUT2D eigenvalue weighted by molar-refractivity contribution is 5.97. The van der Waals surface area contributed by atoms with Crippen molar-refractivity contribution in [2.45, 2.75) is 63.6 Å². The Balaban J connectivity index is 1.02. The summed E-state index contributed by atoms with van der Waals surface area (Å²) >= 11 is 0. The van der Waals surface area contributed by atoms with Crippen molar-refractivity contribution in [3.8, 4) is 0 Å². The molecule has 0 aliphatic carbocycles. The molecule has 0 unspecified atom stereocenters. The lowest BCUT2D eigenvalue weighted by Gasteiger charge is -2.41. The van der Waals surface area contributed by atoms with Crippen LogP contribution in [0.1, 0.15) is 59.2 Å². The molecule has 37 heavy (non-hydrogen) atoms. The van der Waals surface area contributed by atoms with Gasteiger partial charge in [0, 0.05) is 63.1 Å². The summed E-state index contributed by atoms with van der Waals surface area (Å²) in [5, 5.41) is 10.9. The lowest BCUT2D eigenvalue weighted by Crippen LogP contribution is -2.47. The molecule has 2 aromatic rings. The summed E-state index contributed by atoms with van der Waals surface area (Å²) in [6.07, 6.45) is 7.96.